The first kappa shape index (κ1) is 21.0. The van der Waals surface area contributed by atoms with Gasteiger partial charge in [-0.3, -0.25) is 13.9 Å². The van der Waals surface area contributed by atoms with E-state index >= 15 is 0 Å². The predicted molar refractivity (Wildman–Crippen MR) is 129 cm³/mol. The van der Waals surface area contributed by atoms with Crippen molar-refractivity contribution in [2.75, 3.05) is 6.61 Å². The van der Waals surface area contributed by atoms with Crippen molar-refractivity contribution in [2.45, 2.75) is 25.5 Å². The van der Waals surface area contributed by atoms with Gasteiger partial charge in [-0.2, -0.15) is 0 Å². The molecule has 3 heterocycles. The van der Waals surface area contributed by atoms with Gasteiger partial charge in [0, 0.05) is 18.6 Å². The van der Waals surface area contributed by atoms with Gasteiger partial charge in [0.25, 0.3) is 5.56 Å². The second-order valence-corrected chi connectivity index (χ2v) is 9.84. The molecular weight excluding hydrogens is 470 g/mol. The number of benzene rings is 2. The van der Waals surface area contributed by atoms with E-state index in [1.165, 1.54) is 11.6 Å². The fourth-order valence-corrected chi connectivity index (χ4v) is 5.02. The number of nitrogens with zero attached hydrogens (tertiary/aromatic N) is 3. The molecule has 1 aliphatic heterocycles. The molecule has 4 aromatic rings. The summed E-state index contributed by atoms with van der Waals surface area (Å²) in [5.74, 6) is 0. The summed E-state index contributed by atoms with van der Waals surface area (Å²) in [5, 5.41) is 0.534. The molecule has 5 rings (SSSR count). The van der Waals surface area contributed by atoms with Crippen molar-refractivity contribution < 1.29 is 4.74 Å². The van der Waals surface area contributed by atoms with Crippen molar-refractivity contribution in [3.63, 3.8) is 0 Å². The number of hydrogen-bond acceptors (Lipinski definition) is 3. The maximum absolute atomic E-state index is 13.5. The molecule has 0 amide bonds. The molecule has 1 atom stereocenters. The highest BCUT2D eigenvalue weighted by atomic mass is 79.9. The summed E-state index contributed by atoms with van der Waals surface area (Å²) >= 11 is 3.51. The van der Waals surface area contributed by atoms with Gasteiger partial charge in [0.15, 0.2) is 0 Å². The van der Waals surface area contributed by atoms with Crippen LogP contribution in [0.3, 0.4) is 0 Å². The van der Waals surface area contributed by atoms with Crippen molar-refractivity contribution in [2.24, 2.45) is 14.1 Å². The molecule has 0 N–H and O–H groups in total. The smallest absolute Gasteiger partial charge is 0.331 e. The van der Waals surface area contributed by atoms with Gasteiger partial charge < -0.3 is 9.30 Å². The molecule has 164 valence electrons. The molecule has 6 nitrogen and oxygen atoms in total. The van der Waals surface area contributed by atoms with Crippen molar-refractivity contribution in [1.82, 2.24) is 13.7 Å². The molecule has 32 heavy (non-hydrogen) atoms. The van der Waals surface area contributed by atoms with Crippen molar-refractivity contribution in [3.05, 3.63) is 91.2 Å². The maximum atomic E-state index is 13.5. The minimum Gasteiger partial charge on any atom is -0.365 e. The predicted octanol–water partition coefficient (Wildman–Crippen LogP) is 4.32. The van der Waals surface area contributed by atoms with Crippen LogP contribution < -0.4 is 11.2 Å². The lowest BCUT2D eigenvalue weighted by Crippen LogP contribution is -2.40. The topological polar surface area (TPSA) is 58.2 Å². The zero-order valence-electron chi connectivity index (χ0n) is 18.4. The second kappa shape index (κ2) is 7.32. The van der Waals surface area contributed by atoms with Crippen LogP contribution in [-0.4, -0.2) is 20.3 Å². The van der Waals surface area contributed by atoms with Crippen LogP contribution in [0.25, 0.3) is 22.2 Å². The second-order valence-electron chi connectivity index (χ2n) is 8.92. The molecule has 7 heteroatoms. The third kappa shape index (κ3) is 2.95. The Morgan fingerprint density at radius 2 is 1.62 bits per heavy atom. The summed E-state index contributed by atoms with van der Waals surface area (Å²) < 4.78 is 12.3. The van der Waals surface area contributed by atoms with E-state index in [1.807, 2.05) is 54.6 Å². The van der Waals surface area contributed by atoms with Gasteiger partial charge in [-0.25, -0.2) is 4.79 Å². The molecule has 0 radical (unpaired) electrons. The van der Waals surface area contributed by atoms with Gasteiger partial charge in [0.2, 0.25) is 0 Å². The highest BCUT2D eigenvalue weighted by molar-refractivity contribution is 9.10. The number of fused-ring (bicyclic) bond motifs is 3. The van der Waals surface area contributed by atoms with E-state index in [1.54, 1.807) is 11.6 Å². The normalized spacial score (nSPS) is 17.5. The molecule has 2 aromatic carbocycles. The lowest BCUT2D eigenvalue weighted by Gasteiger charge is -2.39. The number of halogens is 1. The first-order chi connectivity index (χ1) is 15.2. The molecule has 1 aliphatic rings. The van der Waals surface area contributed by atoms with Crippen LogP contribution in [0.1, 0.15) is 31.2 Å². The molecule has 0 fully saturated rings. The molecule has 0 bridgehead atoms. The molecule has 2 aromatic heterocycles. The van der Waals surface area contributed by atoms with Crippen molar-refractivity contribution >= 4 is 26.8 Å². The highest BCUT2D eigenvalue weighted by Crippen LogP contribution is 2.45. The summed E-state index contributed by atoms with van der Waals surface area (Å²) in [4.78, 5) is 26.5. The maximum Gasteiger partial charge on any atom is 0.331 e. The first-order valence-electron chi connectivity index (χ1n) is 10.5. The molecule has 0 saturated carbocycles. The number of rotatable bonds is 2. The number of aryl methyl sites for hydroxylation is 1. The Hall–Kier alpha value is -2.90. The number of aromatic nitrogens is 3. The summed E-state index contributed by atoms with van der Waals surface area (Å²) in [6.45, 7) is 4.67. The van der Waals surface area contributed by atoms with Crippen molar-refractivity contribution in [3.8, 4) is 11.3 Å². The Morgan fingerprint density at radius 1 is 0.969 bits per heavy atom. The molecule has 0 spiro atoms. The fourth-order valence-electron chi connectivity index (χ4n) is 4.76. The summed E-state index contributed by atoms with van der Waals surface area (Å²) in [6.07, 6.45) is -0.395. The molecule has 1 unspecified atom stereocenters. The van der Waals surface area contributed by atoms with Crippen LogP contribution in [0.5, 0.6) is 0 Å². The highest BCUT2D eigenvalue weighted by Gasteiger charge is 2.40. The van der Waals surface area contributed by atoms with E-state index in [0.29, 0.717) is 17.5 Å². The van der Waals surface area contributed by atoms with E-state index in [2.05, 4.69) is 34.3 Å². The van der Waals surface area contributed by atoms with E-state index in [-0.39, 0.29) is 11.2 Å². The summed E-state index contributed by atoms with van der Waals surface area (Å²) in [7, 11) is 3.25. The van der Waals surface area contributed by atoms with Crippen molar-refractivity contribution in [1.29, 1.82) is 0 Å². The molecule has 0 aliphatic carbocycles. The Labute approximate surface area is 193 Å². The lowest BCUT2D eigenvalue weighted by atomic mass is 9.98. The van der Waals surface area contributed by atoms with Gasteiger partial charge >= 0.3 is 5.69 Å². The van der Waals surface area contributed by atoms with Crippen LogP contribution in [0, 0.1) is 0 Å². The van der Waals surface area contributed by atoms with E-state index < -0.39 is 11.6 Å². The van der Waals surface area contributed by atoms with E-state index in [4.69, 9.17) is 4.74 Å². The zero-order chi connectivity index (χ0) is 22.8. The Balaban J connectivity index is 2.02. The van der Waals surface area contributed by atoms with E-state index in [9.17, 15) is 9.59 Å². The minimum absolute atomic E-state index is 0.300. The minimum atomic E-state index is -0.427. The van der Waals surface area contributed by atoms with Crippen LogP contribution in [0.2, 0.25) is 0 Å². The lowest BCUT2D eigenvalue weighted by molar-refractivity contribution is -0.00707. The third-order valence-corrected chi connectivity index (χ3v) is 6.81. The van der Waals surface area contributed by atoms with E-state index in [0.717, 1.165) is 27.0 Å². The monoisotopic (exact) mass is 493 g/mol. The zero-order valence-corrected chi connectivity index (χ0v) is 20.0. The van der Waals surface area contributed by atoms with Gasteiger partial charge in [-0.1, -0.05) is 58.4 Å². The summed E-state index contributed by atoms with van der Waals surface area (Å²) in [6, 6.07) is 17.9. The Bertz CT molecular complexity index is 1460. The average Bonchev–Trinajstić information content (AvgIpc) is 3.15. The first-order valence-corrected chi connectivity index (χ1v) is 11.3. The van der Waals surface area contributed by atoms with Crippen LogP contribution in [0.15, 0.2) is 68.7 Å². The fraction of sp³-hybridized carbons (Fsp3) is 0.280. The Kier molecular flexibility index (Phi) is 4.80. The van der Waals surface area contributed by atoms with Gasteiger partial charge in [0.1, 0.15) is 6.10 Å². The van der Waals surface area contributed by atoms with Crippen LogP contribution >= 0.6 is 15.9 Å². The quantitative estimate of drug-likeness (QED) is 0.417. The standard InChI is InChI=1S/C25H24BrN3O3/c1-25(2)14-32-22(16-8-6-5-7-9-16)21-20-18(23(30)28(4)24(31)27(20)3)19(29(21)25)15-10-12-17(26)13-11-15/h5-13,22H,14H2,1-4H3. The van der Waals surface area contributed by atoms with Crippen LogP contribution in [-0.2, 0) is 24.4 Å². The largest absolute Gasteiger partial charge is 0.365 e. The van der Waals surface area contributed by atoms with Gasteiger partial charge in [-0.05, 0) is 37.1 Å². The van der Waals surface area contributed by atoms with Gasteiger partial charge in [-0.15, -0.1) is 0 Å². The van der Waals surface area contributed by atoms with Crippen LogP contribution in [0.4, 0.5) is 0 Å². The SMILES string of the molecule is Cn1c(=O)c2c(-c3ccc(Br)cc3)n3c(c2n(C)c1=O)C(c1ccccc1)OCC3(C)C. The number of hydrogen-bond donors (Lipinski definition) is 0. The third-order valence-electron chi connectivity index (χ3n) is 6.29. The van der Waals surface area contributed by atoms with Gasteiger partial charge in [0.05, 0.1) is 34.4 Å². The Morgan fingerprint density at radius 3 is 2.28 bits per heavy atom. The average molecular weight is 494 g/mol. The molecule has 0 saturated heterocycles. The molecular formula is C25H24BrN3O3. The summed E-state index contributed by atoms with van der Waals surface area (Å²) in [5.41, 5.74) is 3.09. The number of ether oxygens (including phenoxy) is 1.